The van der Waals surface area contributed by atoms with E-state index in [1.165, 1.54) is 18.4 Å². The highest BCUT2D eigenvalue weighted by Crippen LogP contribution is 2.27. The second-order valence-electron chi connectivity index (χ2n) is 4.44. The van der Waals surface area contributed by atoms with Gasteiger partial charge in [-0.1, -0.05) is 18.3 Å². The first kappa shape index (κ1) is 16.7. The number of nitrogens with one attached hydrogen (secondary N) is 1. The van der Waals surface area contributed by atoms with Crippen molar-refractivity contribution in [2.24, 2.45) is 0 Å². The minimum Gasteiger partial charge on any atom is -0.394 e. The predicted octanol–water partition coefficient (Wildman–Crippen LogP) is 0.309. The van der Waals surface area contributed by atoms with Crippen molar-refractivity contribution in [1.82, 2.24) is 10.3 Å². The largest absolute Gasteiger partial charge is 0.394 e. The van der Waals surface area contributed by atoms with E-state index in [0.29, 0.717) is 10.0 Å². The number of methoxy groups -OCH3 is 1. The molecule has 1 heterocycles. The molecule has 0 radical (unpaired) electrons. The van der Waals surface area contributed by atoms with Gasteiger partial charge >= 0.3 is 0 Å². The standard InChI is InChI=1S/C12H22N4O3S/c1-4-5-16(2)12-15-10(13)9(20-12)11(18)14-8(6-17)7-19-3/h8,17H,4-7,13H2,1-3H3,(H,14,18). The SMILES string of the molecule is CCCN(C)c1nc(N)c(C(=O)NC(CO)COC)s1. The van der Waals surface area contributed by atoms with Crippen molar-refractivity contribution in [2.75, 3.05) is 44.5 Å². The van der Waals surface area contributed by atoms with Crippen LogP contribution >= 0.6 is 11.3 Å². The van der Waals surface area contributed by atoms with Crippen LogP contribution in [0.15, 0.2) is 0 Å². The van der Waals surface area contributed by atoms with Crippen LogP contribution in [0.25, 0.3) is 0 Å². The number of ether oxygens (including phenoxy) is 1. The van der Waals surface area contributed by atoms with Crippen molar-refractivity contribution >= 4 is 28.2 Å². The topological polar surface area (TPSA) is 101 Å². The van der Waals surface area contributed by atoms with Gasteiger partial charge in [-0.2, -0.15) is 0 Å². The number of nitrogens with two attached hydrogens (primary N) is 1. The summed E-state index contributed by atoms with van der Waals surface area (Å²) in [5, 5.41) is 12.5. The molecular formula is C12H22N4O3S. The van der Waals surface area contributed by atoms with Gasteiger partial charge in [0.25, 0.3) is 5.91 Å². The molecule has 7 nitrogen and oxygen atoms in total. The number of aliphatic hydroxyl groups excluding tert-OH is 1. The molecule has 1 atom stereocenters. The van der Waals surface area contributed by atoms with Gasteiger partial charge in [0.05, 0.1) is 19.3 Å². The highest BCUT2D eigenvalue weighted by molar-refractivity contribution is 7.18. The number of aliphatic hydroxyl groups is 1. The average Bonchev–Trinajstić information content (AvgIpc) is 2.80. The third kappa shape index (κ3) is 4.32. The summed E-state index contributed by atoms with van der Waals surface area (Å²) in [6, 6.07) is -0.453. The molecule has 1 aromatic heterocycles. The summed E-state index contributed by atoms with van der Waals surface area (Å²) < 4.78 is 4.91. The van der Waals surface area contributed by atoms with Gasteiger partial charge in [0.15, 0.2) is 5.13 Å². The number of nitrogen functional groups attached to an aromatic ring is 1. The lowest BCUT2D eigenvalue weighted by molar-refractivity contribution is 0.0844. The van der Waals surface area contributed by atoms with Crippen LogP contribution in [0.2, 0.25) is 0 Å². The summed E-state index contributed by atoms with van der Waals surface area (Å²) in [5.74, 6) is -0.133. The summed E-state index contributed by atoms with van der Waals surface area (Å²) in [5.41, 5.74) is 5.79. The lowest BCUT2D eigenvalue weighted by atomic mass is 10.3. The van der Waals surface area contributed by atoms with E-state index >= 15 is 0 Å². The Morgan fingerprint density at radius 3 is 2.90 bits per heavy atom. The van der Waals surface area contributed by atoms with Gasteiger partial charge in [0, 0.05) is 20.7 Å². The van der Waals surface area contributed by atoms with E-state index in [0.717, 1.165) is 13.0 Å². The molecule has 0 bridgehead atoms. The molecule has 8 heteroatoms. The maximum Gasteiger partial charge on any atom is 0.265 e. The van der Waals surface area contributed by atoms with Crippen LogP contribution < -0.4 is 16.0 Å². The molecule has 0 fully saturated rings. The van der Waals surface area contributed by atoms with Crippen LogP contribution in [0.1, 0.15) is 23.0 Å². The zero-order valence-electron chi connectivity index (χ0n) is 12.0. The Balaban J connectivity index is 2.77. The lowest BCUT2D eigenvalue weighted by Gasteiger charge is -2.14. The molecule has 1 aromatic rings. The molecule has 1 unspecified atom stereocenters. The smallest absolute Gasteiger partial charge is 0.265 e. The van der Waals surface area contributed by atoms with Crippen molar-refractivity contribution in [3.8, 4) is 0 Å². The molecule has 0 aliphatic heterocycles. The molecule has 0 saturated carbocycles. The number of aromatic nitrogens is 1. The number of carbonyl (C=O) groups excluding carboxylic acids is 1. The zero-order valence-corrected chi connectivity index (χ0v) is 12.9. The van der Waals surface area contributed by atoms with E-state index in [1.54, 1.807) is 0 Å². The maximum absolute atomic E-state index is 12.1. The van der Waals surface area contributed by atoms with E-state index < -0.39 is 6.04 Å². The van der Waals surface area contributed by atoms with Crippen LogP contribution in [-0.2, 0) is 4.74 Å². The molecule has 0 spiro atoms. The summed E-state index contributed by atoms with van der Waals surface area (Å²) in [6.45, 7) is 2.96. The number of hydrogen-bond acceptors (Lipinski definition) is 7. The fraction of sp³-hybridized carbons (Fsp3) is 0.667. The van der Waals surface area contributed by atoms with Gasteiger partial charge < -0.3 is 25.8 Å². The second-order valence-corrected chi connectivity index (χ2v) is 5.42. The Bertz CT molecular complexity index is 438. The molecule has 20 heavy (non-hydrogen) atoms. The minimum absolute atomic E-state index is 0.194. The monoisotopic (exact) mass is 302 g/mol. The molecule has 1 amide bonds. The Morgan fingerprint density at radius 1 is 1.65 bits per heavy atom. The Morgan fingerprint density at radius 2 is 2.35 bits per heavy atom. The average molecular weight is 302 g/mol. The molecule has 0 saturated heterocycles. The van der Waals surface area contributed by atoms with Gasteiger partial charge in [-0.05, 0) is 6.42 Å². The first-order valence-corrected chi connectivity index (χ1v) is 7.23. The third-order valence-corrected chi connectivity index (χ3v) is 3.84. The number of thiazole rings is 1. The van der Waals surface area contributed by atoms with Crippen molar-refractivity contribution in [3.63, 3.8) is 0 Å². The number of amides is 1. The van der Waals surface area contributed by atoms with Crippen molar-refractivity contribution in [3.05, 3.63) is 4.88 Å². The number of anilines is 2. The van der Waals surface area contributed by atoms with Crippen LogP contribution in [-0.4, -0.2) is 56.0 Å². The van der Waals surface area contributed by atoms with Gasteiger partial charge in [0.1, 0.15) is 10.7 Å². The molecule has 0 aliphatic rings. The fourth-order valence-corrected chi connectivity index (χ4v) is 2.54. The molecular weight excluding hydrogens is 280 g/mol. The summed E-state index contributed by atoms with van der Waals surface area (Å²) in [4.78, 5) is 18.6. The second kappa shape index (κ2) is 8.03. The fourth-order valence-electron chi connectivity index (χ4n) is 1.67. The lowest BCUT2D eigenvalue weighted by Crippen LogP contribution is -2.40. The van der Waals surface area contributed by atoms with Gasteiger partial charge in [-0.3, -0.25) is 4.79 Å². The van der Waals surface area contributed by atoms with E-state index in [4.69, 9.17) is 15.6 Å². The van der Waals surface area contributed by atoms with E-state index in [-0.39, 0.29) is 24.9 Å². The molecule has 4 N–H and O–H groups in total. The molecule has 1 rings (SSSR count). The third-order valence-electron chi connectivity index (χ3n) is 2.66. The van der Waals surface area contributed by atoms with Gasteiger partial charge in [-0.25, -0.2) is 4.98 Å². The molecule has 0 aliphatic carbocycles. The van der Waals surface area contributed by atoms with Crippen LogP contribution in [0.4, 0.5) is 10.9 Å². The van der Waals surface area contributed by atoms with Crippen molar-refractivity contribution in [2.45, 2.75) is 19.4 Å². The predicted molar refractivity (Wildman–Crippen MR) is 80.3 cm³/mol. The van der Waals surface area contributed by atoms with E-state index in [2.05, 4.69) is 17.2 Å². The number of rotatable bonds is 8. The first-order valence-electron chi connectivity index (χ1n) is 6.41. The normalized spacial score (nSPS) is 12.2. The Labute approximate surface area is 122 Å². The Hall–Kier alpha value is -1.38. The zero-order chi connectivity index (χ0) is 15.1. The Kier molecular flexibility index (Phi) is 6.69. The van der Waals surface area contributed by atoms with Crippen LogP contribution in [0.3, 0.4) is 0 Å². The number of carbonyl (C=O) groups is 1. The van der Waals surface area contributed by atoms with Crippen LogP contribution in [0.5, 0.6) is 0 Å². The highest BCUT2D eigenvalue weighted by Gasteiger charge is 2.20. The first-order chi connectivity index (χ1) is 9.53. The molecule has 114 valence electrons. The highest BCUT2D eigenvalue weighted by atomic mass is 32.1. The van der Waals surface area contributed by atoms with E-state index in [1.807, 2.05) is 11.9 Å². The van der Waals surface area contributed by atoms with E-state index in [9.17, 15) is 4.79 Å². The van der Waals surface area contributed by atoms with Crippen LogP contribution in [0, 0.1) is 0 Å². The maximum atomic E-state index is 12.1. The number of nitrogens with zero attached hydrogens (tertiary/aromatic N) is 2. The van der Waals surface area contributed by atoms with Crippen molar-refractivity contribution in [1.29, 1.82) is 0 Å². The molecule has 0 aromatic carbocycles. The minimum atomic E-state index is -0.453. The summed E-state index contributed by atoms with van der Waals surface area (Å²) in [7, 11) is 3.42. The summed E-state index contributed by atoms with van der Waals surface area (Å²) in [6.07, 6.45) is 0.984. The summed E-state index contributed by atoms with van der Waals surface area (Å²) >= 11 is 1.24. The quantitative estimate of drug-likeness (QED) is 0.639. The number of hydrogen-bond donors (Lipinski definition) is 3. The van der Waals surface area contributed by atoms with Gasteiger partial charge in [0.2, 0.25) is 0 Å². The van der Waals surface area contributed by atoms with Crippen molar-refractivity contribution < 1.29 is 14.6 Å². The van der Waals surface area contributed by atoms with Gasteiger partial charge in [-0.15, -0.1) is 0 Å².